The molecule has 3 aliphatic rings. The maximum absolute atomic E-state index is 11.2. The van der Waals surface area contributed by atoms with E-state index in [1.54, 1.807) is 6.07 Å². The van der Waals surface area contributed by atoms with E-state index in [-0.39, 0.29) is 6.16 Å². The molecule has 7 N–H and O–H groups in total. The molecule has 0 amide bonds. The molecule has 12 nitrogen and oxygen atoms in total. The molecule has 1 saturated carbocycles. The van der Waals surface area contributed by atoms with E-state index in [1.165, 1.54) is 55.3 Å². The van der Waals surface area contributed by atoms with Crippen LogP contribution in [0.4, 0.5) is 23.3 Å². The van der Waals surface area contributed by atoms with E-state index in [1.807, 2.05) is 0 Å². The fourth-order valence-corrected chi connectivity index (χ4v) is 7.02. The lowest BCUT2D eigenvalue weighted by Crippen LogP contribution is -2.47. The second-order valence-corrected chi connectivity index (χ2v) is 13.9. The summed E-state index contributed by atoms with van der Waals surface area (Å²) in [5.74, 6) is 1.69. The van der Waals surface area contributed by atoms with Crippen molar-refractivity contribution in [3.63, 3.8) is 0 Å². The van der Waals surface area contributed by atoms with Gasteiger partial charge in [0.1, 0.15) is 11.6 Å². The minimum atomic E-state index is -3.98. The number of benzene rings is 1. The van der Waals surface area contributed by atoms with Gasteiger partial charge >= 0.3 is 7.60 Å². The molecule has 0 atom stereocenters. The Hall–Kier alpha value is -2.47. The van der Waals surface area contributed by atoms with E-state index in [2.05, 4.69) is 53.8 Å². The molecule has 2 aliphatic heterocycles. The van der Waals surface area contributed by atoms with Gasteiger partial charge in [0.05, 0.1) is 6.16 Å². The van der Waals surface area contributed by atoms with Crippen LogP contribution in [0.1, 0.15) is 49.7 Å². The smallest absolute Gasteiger partial charge is 0.326 e. The van der Waals surface area contributed by atoms with E-state index in [4.69, 9.17) is 20.5 Å². The van der Waals surface area contributed by atoms with Crippen LogP contribution in [-0.4, -0.2) is 102 Å². The summed E-state index contributed by atoms with van der Waals surface area (Å²) < 4.78 is 11.2. The highest BCUT2D eigenvalue weighted by molar-refractivity contribution is 7.51. The lowest BCUT2D eigenvalue weighted by atomic mass is 9.95. The number of nitrogens with zero attached hydrogens (tertiary/aromatic N) is 5. The molecule has 2 fully saturated rings. The fourth-order valence-electron chi connectivity index (χ4n) is 6.48. The van der Waals surface area contributed by atoms with Gasteiger partial charge in [-0.05, 0) is 56.0 Å². The summed E-state index contributed by atoms with van der Waals surface area (Å²) in [6.45, 7) is 9.08. The first kappa shape index (κ1) is 31.9. The fraction of sp³-hybridized carbons (Fsp3) is 0.667. The Morgan fingerprint density at radius 2 is 1.79 bits per heavy atom. The molecule has 5 rings (SSSR count). The zero-order valence-corrected chi connectivity index (χ0v) is 26.3. The molecule has 13 heteroatoms. The molecule has 0 unspecified atom stereocenters. The highest BCUT2D eigenvalue weighted by Gasteiger charge is 2.23. The predicted molar refractivity (Wildman–Crippen MR) is 174 cm³/mol. The topological polar surface area (TPSA) is 155 Å². The monoisotopic (exact) mass is 615 g/mol. The molecule has 0 bridgehead atoms. The summed E-state index contributed by atoms with van der Waals surface area (Å²) in [6, 6.07) is 9.07. The van der Waals surface area contributed by atoms with Crippen LogP contribution >= 0.6 is 7.60 Å². The highest BCUT2D eigenvalue weighted by atomic mass is 31.2. The summed E-state index contributed by atoms with van der Waals surface area (Å²) in [5.41, 5.74) is 10.1. The van der Waals surface area contributed by atoms with Crippen molar-refractivity contribution in [2.45, 2.75) is 57.5 Å². The van der Waals surface area contributed by atoms with Crippen molar-refractivity contribution in [1.29, 1.82) is 0 Å². The first-order valence-electron chi connectivity index (χ1n) is 16.0. The zero-order valence-electron chi connectivity index (χ0n) is 25.4. The average molecular weight is 616 g/mol. The van der Waals surface area contributed by atoms with Crippen LogP contribution in [0.3, 0.4) is 0 Å². The van der Waals surface area contributed by atoms with Crippen LogP contribution in [0.25, 0.3) is 0 Å². The van der Waals surface area contributed by atoms with Crippen molar-refractivity contribution >= 4 is 30.9 Å². The van der Waals surface area contributed by atoms with Crippen molar-refractivity contribution in [2.75, 3.05) is 92.5 Å². The Labute approximate surface area is 256 Å². The maximum Gasteiger partial charge on any atom is 0.326 e. The molecule has 0 radical (unpaired) electrons. The van der Waals surface area contributed by atoms with Crippen molar-refractivity contribution in [3.05, 3.63) is 35.4 Å². The Morgan fingerprint density at radius 1 is 0.977 bits per heavy atom. The molecule has 43 heavy (non-hydrogen) atoms. The number of hydrogen-bond donors (Lipinski definition) is 6. The maximum atomic E-state index is 11.2. The first-order valence-corrected chi connectivity index (χ1v) is 17.8. The van der Waals surface area contributed by atoms with Crippen LogP contribution in [0.5, 0.6) is 0 Å². The molecule has 238 valence electrons. The van der Waals surface area contributed by atoms with Gasteiger partial charge in [-0.3, -0.25) is 9.46 Å². The van der Waals surface area contributed by atoms with Gasteiger partial charge in [-0.2, -0.15) is 9.97 Å². The average Bonchev–Trinajstić information content (AvgIpc) is 3.42. The SMILES string of the molecule is Nc1cc(N2CCN(CCP(=O)(O)O)CC2)nc(NCc2cccc3c2CCN3CCNCCCNC2CCCCC2)n1. The van der Waals surface area contributed by atoms with Crippen LogP contribution in [-0.2, 0) is 17.5 Å². The van der Waals surface area contributed by atoms with E-state index in [0.717, 1.165) is 51.0 Å². The minimum Gasteiger partial charge on any atom is -0.383 e. The number of hydrogen-bond acceptors (Lipinski definition) is 10. The third kappa shape index (κ3) is 9.76. The van der Waals surface area contributed by atoms with Gasteiger partial charge in [0, 0.05) is 76.7 Å². The molecular weight excluding hydrogens is 565 g/mol. The number of piperazine rings is 1. The molecule has 2 aromatic rings. The van der Waals surface area contributed by atoms with Gasteiger partial charge < -0.3 is 41.3 Å². The van der Waals surface area contributed by atoms with E-state index in [0.29, 0.717) is 51.0 Å². The second kappa shape index (κ2) is 15.5. The summed E-state index contributed by atoms with van der Waals surface area (Å²) in [4.78, 5) is 34.2. The summed E-state index contributed by atoms with van der Waals surface area (Å²) in [6.07, 6.45) is 8.96. The third-order valence-corrected chi connectivity index (χ3v) is 9.70. The molecular formula is C30H50N9O3P. The van der Waals surface area contributed by atoms with Crippen LogP contribution in [0.15, 0.2) is 24.3 Å². The normalized spacial score (nSPS) is 18.3. The van der Waals surface area contributed by atoms with Gasteiger partial charge in [0.2, 0.25) is 5.95 Å². The lowest BCUT2D eigenvalue weighted by molar-refractivity contribution is 0.264. The molecule has 1 saturated heterocycles. The second-order valence-electron chi connectivity index (χ2n) is 12.1. The Kier molecular flexibility index (Phi) is 11.5. The Bertz CT molecular complexity index is 1220. The predicted octanol–water partition coefficient (Wildman–Crippen LogP) is 2.24. The molecule has 1 aromatic carbocycles. The standard InChI is InChI=1S/C30H50N9O3P/c31-28-22-29(39-18-16-37(17-19-39)20-21-43(40,41)42)36-30(35-28)34-23-24-6-4-9-27-26(24)10-14-38(27)15-13-32-11-5-12-33-25-7-2-1-3-8-25/h4,6,9,22,25,32-33H,1-3,5,7-8,10-21,23H2,(H2,40,41,42)(H3,31,34,35,36). The van der Waals surface area contributed by atoms with Crippen molar-refractivity contribution < 1.29 is 14.4 Å². The lowest BCUT2D eigenvalue weighted by Gasteiger charge is -2.35. The van der Waals surface area contributed by atoms with Crippen LogP contribution in [0, 0.1) is 0 Å². The van der Waals surface area contributed by atoms with Crippen molar-refractivity contribution in [3.8, 4) is 0 Å². The number of nitrogen functional groups attached to an aromatic ring is 1. The summed E-state index contributed by atoms with van der Waals surface area (Å²) >= 11 is 0. The van der Waals surface area contributed by atoms with Gasteiger partial charge in [0.25, 0.3) is 0 Å². The van der Waals surface area contributed by atoms with E-state index in [9.17, 15) is 4.57 Å². The van der Waals surface area contributed by atoms with Gasteiger partial charge in [-0.15, -0.1) is 0 Å². The number of fused-ring (bicyclic) bond motifs is 1. The number of anilines is 4. The number of rotatable bonds is 15. The summed E-state index contributed by atoms with van der Waals surface area (Å²) in [5, 5.41) is 10.8. The van der Waals surface area contributed by atoms with Gasteiger partial charge in [0.15, 0.2) is 0 Å². The van der Waals surface area contributed by atoms with E-state index >= 15 is 0 Å². The molecule has 1 aliphatic carbocycles. The number of aromatic nitrogens is 2. The van der Waals surface area contributed by atoms with Gasteiger partial charge in [-0.1, -0.05) is 31.4 Å². The Balaban J connectivity index is 1.06. The number of nitrogens with one attached hydrogen (secondary N) is 3. The van der Waals surface area contributed by atoms with Crippen molar-refractivity contribution in [2.24, 2.45) is 0 Å². The largest absolute Gasteiger partial charge is 0.383 e. The van der Waals surface area contributed by atoms with E-state index < -0.39 is 7.60 Å². The third-order valence-electron chi connectivity index (χ3n) is 8.92. The Morgan fingerprint density at radius 3 is 2.58 bits per heavy atom. The van der Waals surface area contributed by atoms with Crippen LogP contribution in [0.2, 0.25) is 0 Å². The molecule has 1 aromatic heterocycles. The zero-order chi connectivity index (χ0) is 30.1. The quantitative estimate of drug-likeness (QED) is 0.129. The molecule has 3 heterocycles. The summed E-state index contributed by atoms with van der Waals surface area (Å²) in [7, 11) is -3.98. The van der Waals surface area contributed by atoms with Crippen molar-refractivity contribution in [1.82, 2.24) is 25.5 Å². The highest BCUT2D eigenvalue weighted by Crippen LogP contribution is 2.34. The number of nitrogens with two attached hydrogens (primary N) is 1. The van der Waals surface area contributed by atoms with Crippen LogP contribution < -0.4 is 31.5 Å². The minimum absolute atomic E-state index is 0.113. The molecule has 0 spiro atoms. The van der Waals surface area contributed by atoms with Gasteiger partial charge in [-0.25, -0.2) is 0 Å². The first-order chi connectivity index (χ1) is 20.8.